The highest BCUT2D eigenvalue weighted by Gasteiger charge is 2.30. The molecule has 1 saturated carbocycles. The molecule has 7 heteroatoms. The summed E-state index contributed by atoms with van der Waals surface area (Å²) in [5, 5.41) is 7.37. The lowest BCUT2D eigenvalue weighted by Gasteiger charge is -2.30. The van der Waals surface area contributed by atoms with Crippen LogP contribution in [0.5, 0.6) is 5.75 Å². The molecule has 1 amide bonds. The molecule has 132 valence electrons. The average molecular weight is 344 g/mol. The van der Waals surface area contributed by atoms with Crippen LogP contribution in [0.4, 0.5) is 4.39 Å². The normalized spacial score (nSPS) is 18.4. The fourth-order valence-electron chi connectivity index (χ4n) is 3.19. The maximum Gasteiger partial charge on any atom is 0.260 e. The summed E-state index contributed by atoms with van der Waals surface area (Å²) in [6, 6.07) is 6.11. The largest absolute Gasteiger partial charge is 0.481 e. The Kier molecular flexibility index (Phi) is 4.38. The van der Waals surface area contributed by atoms with E-state index >= 15 is 0 Å². The van der Waals surface area contributed by atoms with E-state index in [9.17, 15) is 9.18 Å². The second kappa shape index (κ2) is 6.82. The summed E-state index contributed by atoms with van der Waals surface area (Å²) in [5.74, 6) is 2.28. The van der Waals surface area contributed by atoms with Crippen molar-refractivity contribution in [2.45, 2.75) is 37.5 Å². The number of H-pyrrole nitrogens is 1. The molecule has 1 aromatic heterocycles. The average Bonchev–Trinajstić information content (AvgIpc) is 3.38. The number of halogens is 1. The van der Waals surface area contributed by atoms with Gasteiger partial charge in [0, 0.05) is 24.9 Å². The van der Waals surface area contributed by atoms with Gasteiger partial charge >= 0.3 is 0 Å². The molecule has 2 heterocycles. The van der Waals surface area contributed by atoms with E-state index in [1.54, 1.807) is 17.0 Å². The number of para-hydroxylation sites is 1. The number of amides is 1. The first-order valence-corrected chi connectivity index (χ1v) is 8.78. The third kappa shape index (κ3) is 3.65. The summed E-state index contributed by atoms with van der Waals surface area (Å²) >= 11 is 0. The SMILES string of the molecule is O=C(COc1ccccc1F)N1CCC(c2nc(C3CC3)n[nH]2)CC1. The van der Waals surface area contributed by atoms with Crippen LogP contribution in [-0.2, 0) is 4.79 Å². The van der Waals surface area contributed by atoms with E-state index in [1.165, 1.54) is 25.0 Å². The summed E-state index contributed by atoms with van der Waals surface area (Å²) < 4.78 is 18.8. The molecule has 25 heavy (non-hydrogen) atoms. The van der Waals surface area contributed by atoms with E-state index in [0.29, 0.717) is 24.9 Å². The van der Waals surface area contributed by atoms with Crippen molar-refractivity contribution in [3.63, 3.8) is 0 Å². The number of rotatable bonds is 5. The number of carbonyl (C=O) groups is 1. The van der Waals surface area contributed by atoms with Crippen LogP contribution in [0.2, 0.25) is 0 Å². The van der Waals surface area contributed by atoms with Crippen molar-refractivity contribution < 1.29 is 13.9 Å². The number of ether oxygens (including phenoxy) is 1. The summed E-state index contributed by atoms with van der Waals surface area (Å²) in [4.78, 5) is 18.7. The van der Waals surface area contributed by atoms with E-state index < -0.39 is 5.82 Å². The minimum atomic E-state index is -0.453. The molecule has 1 saturated heterocycles. The Labute approximate surface area is 145 Å². The van der Waals surface area contributed by atoms with Gasteiger partial charge < -0.3 is 9.64 Å². The molecule has 2 aromatic rings. The Hall–Kier alpha value is -2.44. The zero-order valence-corrected chi connectivity index (χ0v) is 13.9. The molecule has 0 bridgehead atoms. The second-order valence-corrected chi connectivity index (χ2v) is 6.73. The quantitative estimate of drug-likeness (QED) is 0.905. The van der Waals surface area contributed by atoms with E-state index in [1.807, 2.05) is 0 Å². The van der Waals surface area contributed by atoms with E-state index in [2.05, 4.69) is 15.2 Å². The summed E-state index contributed by atoms with van der Waals surface area (Å²) in [7, 11) is 0. The van der Waals surface area contributed by atoms with Crippen molar-refractivity contribution >= 4 is 5.91 Å². The Morgan fingerprint density at radius 3 is 2.68 bits per heavy atom. The number of benzene rings is 1. The van der Waals surface area contributed by atoms with Crippen LogP contribution >= 0.6 is 0 Å². The molecule has 0 spiro atoms. The van der Waals surface area contributed by atoms with E-state index in [-0.39, 0.29) is 18.3 Å². The van der Waals surface area contributed by atoms with Crippen LogP contribution in [0.1, 0.15) is 49.2 Å². The number of hydrogen-bond acceptors (Lipinski definition) is 4. The number of nitrogens with zero attached hydrogens (tertiary/aromatic N) is 3. The Morgan fingerprint density at radius 1 is 1.20 bits per heavy atom. The van der Waals surface area contributed by atoms with Gasteiger partial charge in [0.05, 0.1) is 0 Å². The van der Waals surface area contributed by atoms with Crippen LogP contribution in [0, 0.1) is 5.82 Å². The summed E-state index contributed by atoms with van der Waals surface area (Å²) in [5.41, 5.74) is 0. The van der Waals surface area contributed by atoms with Crippen molar-refractivity contribution in [1.82, 2.24) is 20.1 Å². The van der Waals surface area contributed by atoms with Crippen LogP contribution in [0.25, 0.3) is 0 Å². The monoisotopic (exact) mass is 344 g/mol. The van der Waals surface area contributed by atoms with E-state index in [4.69, 9.17) is 4.74 Å². The minimum absolute atomic E-state index is 0.111. The van der Waals surface area contributed by atoms with Crippen molar-refractivity contribution in [3.05, 3.63) is 41.7 Å². The maximum absolute atomic E-state index is 13.5. The van der Waals surface area contributed by atoms with Crippen molar-refractivity contribution in [2.24, 2.45) is 0 Å². The fourth-order valence-corrected chi connectivity index (χ4v) is 3.19. The summed E-state index contributed by atoms with van der Waals surface area (Å²) in [6.45, 7) is 1.17. The molecule has 1 N–H and O–H groups in total. The molecule has 2 aliphatic rings. The number of hydrogen-bond donors (Lipinski definition) is 1. The van der Waals surface area contributed by atoms with Crippen molar-refractivity contribution in [2.75, 3.05) is 19.7 Å². The molecule has 0 atom stereocenters. The zero-order valence-electron chi connectivity index (χ0n) is 13.9. The first-order valence-electron chi connectivity index (χ1n) is 8.78. The van der Waals surface area contributed by atoms with Gasteiger partial charge in [-0.3, -0.25) is 9.89 Å². The number of likely N-dealkylation sites (tertiary alicyclic amines) is 1. The number of carbonyl (C=O) groups excluding carboxylic acids is 1. The van der Waals surface area contributed by atoms with Gasteiger partial charge in [-0.05, 0) is 37.8 Å². The highest BCUT2D eigenvalue weighted by molar-refractivity contribution is 5.77. The molecule has 6 nitrogen and oxygen atoms in total. The zero-order chi connectivity index (χ0) is 17.2. The first-order chi connectivity index (χ1) is 12.2. The molecule has 0 radical (unpaired) electrons. The van der Waals surface area contributed by atoms with Gasteiger partial charge in [0.25, 0.3) is 5.91 Å². The lowest BCUT2D eigenvalue weighted by Crippen LogP contribution is -2.40. The highest BCUT2D eigenvalue weighted by Crippen LogP contribution is 2.38. The van der Waals surface area contributed by atoms with Gasteiger partial charge in [-0.15, -0.1) is 0 Å². The van der Waals surface area contributed by atoms with Gasteiger partial charge in [-0.1, -0.05) is 12.1 Å². The number of aromatic amines is 1. The van der Waals surface area contributed by atoms with Crippen LogP contribution in [-0.4, -0.2) is 45.7 Å². The predicted octanol–water partition coefficient (Wildman–Crippen LogP) is 2.61. The van der Waals surface area contributed by atoms with Gasteiger partial charge in [-0.2, -0.15) is 5.10 Å². The van der Waals surface area contributed by atoms with E-state index in [0.717, 1.165) is 24.5 Å². The highest BCUT2D eigenvalue weighted by atomic mass is 19.1. The molecule has 0 unspecified atom stereocenters. The van der Waals surface area contributed by atoms with Gasteiger partial charge in [0.1, 0.15) is 5.82 Å². The van der Waals surface area contributed by atoms with Crippen molar-refractivity contribution in [1.29, 1.82) is 0 Å². The maximum atomic E-state index is 13.5. The molecule has 1 aliphatic carbocycles. The van der Waals surface area contributed by atoms with Gasteiger partial charge in [0.2, 0.25) is 0 Å². The number of nitrogens with one attached hydrogen (secondary N) is 1. The smallest absolute Gasteiger partial charge is 0.260 e. The molecular weight excluding hydrogens is 323 g/mol. The van der Waals surface area contributed by atoms with Crippen molar-refractivity contribution in [3.8, 4) is 5.75 Å². The topological polar surface area (TPSA) is 71.1 Å². The van der Waals surface area contributed by atoms with Crippen LogP contribution in [0.15, 0.2) is 24.3 Å². The number of piperidine rings is 1. The fraction of sp³-hybridized carbons (Fsp3) is 0.500. The third-order valence-corrected chi connectivity index (χ3v) is 4.88. The minimum Gasteiger partial charge on any atom is -0.481 e. The number of aromatic nitrogens is 3. The third-order valence-electron chi connectivity index (χ3n) is 4.88. The molecule has 1 aliphatic heterocycles. The molecule has 2 fully saturated rings. The van der Waals surface area contributed by atoms with Crippen LogP contribution in [0.3, 0.4) is 0 Å². The predicted molar refractivity (Wildman–Crippen MR) is 88.8 cm³/mol. The lowest BCUT2D eigenvalue weighted by molar-refractivity contribution is -0.134. The molecule has 4 rings (SSSR count). The molecular formula is C18H21FN4O2. The Morgan fingerprint density at radius 2 is 1.96 bits per heavy atom. The summed E-state index contributed by atoms with van der Waals surface area (Å²) in [6.07, 6.45) is 4.08. The standard InChI is InChI=1S/C18H21FN4O2/c19-14-3-1-2-4-15(14)25-11-16(24)23-9-7-13(8-10-23)18-20-17(21-22-18)12-5-6-12/h1-4,12-13H,5-11H2,(H,20,21,22). The second-order valence-electron chi connectivity index (χ2n) is 6.73. The first kappa shape index (κ1) is 16.1. The van der Waals surface area contributed by atoms with Gasteiger partial charge in [0.15, 0.2) is 24.0 Å². The lowest BCUT2D eigenvalue weighted by atomic mass is 9.96. The Bertz CT molecular complexity index is 751. The Balaban J connectivity index is 1.27. The van der Waals surface area contributed by atoms with Gasteiger partial charge in [-0.25, -0.2) is 9.37 Å². The molecule has 1 aromatic carbocycles. The van der Waals surface area contributed by atoms with Crippen LogP contribution < -0.4 is 4.74 Å².